The van der Waals surface area contributed by atoms with Gasteiger partial charge in [-0.1, -0.05) is 17.7 Å². The molecule has 18 heavy (non-hydrogen) atoms. The molecule has 2 N–H and O–H groups in total. The third-order valence-corrected chi connectivity index (χ3v) is 3.56. The molecule has 1 aromatic carbocycles. The lowest BCUT2D eigenvalue weighted by molar-refractivity contribution is 0.407. The number of nitrogens with zero attached hydrogens (tertiary/aromatic N) is 2. The van der Waals surface area contributed by atoms with Gasteiger partial charge >= 0.3 is 0 Å². The van der Waals surface area contributed by atoms with Gasteiger partial charge in [-0.2, -0.15) is 5.10 Å². The summed E-state index contributed by atoms with van der Waals surface area (Å²) >= 11 is 3.48. The average molecular weight is 310 g/mol. The second kappa shape index (κ2) is 5.12. The smallest absolute Gasteiger partial charge is 0.124 e. The standard InChI is InChI=1S/C13H16BrN3O/c1-8-4-5-11(18-3)9(6-8)12(15)13-10(14)7-16-17(13)2/h4-7,12H,15H2,1-3H3. The molecule has 2 aromatic rings. The van der Waals surface area contributed by atoms with Crippen molar-refractivity contribution in [3.63, 3.8) is 0 Å². The third kappa shape index (κ3) is 2.28. The molecule has 1 atom stereocenters. The Bertz CT molecular complexity index is 546. The lowest BCUT2D eigenvalue weighted by atomic mass is 10.0. The zero-order valence-corrected chi connectivity index (χ0v) is 12.2. The highest BCUT2D eigenvalue weighted by atomic mass is 79.9. The highest BCUT2D eigenvalue weighted by molar-refractivity contribution is 9.10. The summed E-state index contributed by atoms with van der Waals surface area (Å²) in [6.45, 7) is 2.04. The van der Waals surface area contributed by atoms with E-state index >= 15 is 0 Å². The molecule has 0 amide bonds. The van der Waals surface area contributed by atoms with Gasteiger partial charge in [0.25, 0.3) is 0 Å². The first-order valence-corrected chi connectivity index (χ1v) is 6.41. The second-order valence-corrected chi connectivity index (χ2v) is 5.08. The topological polar surface area (TPSA) is 53.1 Å². The summed E-state index contributed by atoms with van der Waals surface area (Å²) < 4.78 is 8.05. The fourth-order valence-electron chi connectivity index (χ4n) is 2.01. The van der Waals surface area contributed by atoms with Gasteiger partial charge in [0.15, 0.2) is 0 Å². The average Bonchev–Trinajstić information content (AvgIpc) is 2.68. The minimum Gasteiger partial charge on any atom is -0.496 e. The molecule has 0 bridgehead atoms. The quantitative estimate of drug-likeness (QED) is 0.948. The monoisotopic (exact) mass is 309 g/mol. The van der Waals surface area contributed by atoms with Crippen LogP contribution in [0.25, 0.3) is 0 Å². The summed E-state index contributed by atoms with van der Waals surface area (Å²) in [5, 5.41) is 4.19. The summed E-state index contributed by atoms with van der Waals surface area (Å²) in [4.78, 5) is 0. The molecule has 4 nitrogen and oxygen atoms in total. The number of aryl methyl sites for hydroxylation is 2. The first kappa shape index (κ1) is 13.1. The molecule has 0 aliphatic heterocycles. The van der Waals surface area contributed by atoms with E-state index in [1.807, 2.05) is 32.2 Å². The molecule has 0 aliphatic rings. The van der Waals surface area contributed by atoms with Crippen molar-refractivity contribution in [3.8, 4) is 5.75 Å². The Labute approximate surface area is 115 Å². The molecule has 0 radical (unpaired) electrons. The molecule has 0 saturated heterocycles. The number of ether oxygens (including phenoxy) is 1. The van der Waals surface area contributed by atoms with Gasteiger partial charge in [0.2, 0.25) is 0 Å². The first-order chi connectivity index (χ1) is 8.54. The SMILES string of the molecule is COc1ccc(C)cc1C(N)c1c(Br)cnn1C. The lowest BCUT2D eigenvalue weighted by Crippen LogP contribution is -2.17. The number of aromatic nitrogens is 2. The second-order valence-electron chi connectivity index (χ2n) is 4.22. The Kier molecular flexibility index (Phi) is 3.73. The van der Waals surface area contributed by atoms with Crippen LogP contribution in [-0.4, -0.2) is 16.9 Å². The molecule has 0 saturated carbocycles. The predicted octanol–water partition coefficient (Wildman–Crippen LogP) is 2.55. The van der Waals surface area contributed by atoms with Crippen molar-refractivity contribution >= 4 is 15.9 Å². The summed E-state index contributed by atoms with van der Waals surface area (Å²) in [6, 6.07) is 5.71. The zero-order chi connectivity index (χ0) is 13.3. The molecular weight excluding hydrogens is 294 g/mol. The number of hydrogen-bond donors (Lipinski definition) is 1. The first-order valence-electron chi connectivity index (χ1n) is 5.62. The van der Waals surface area contributed by atoms with Crippen molar-refractivity contribution in [2.24, 2.45) is 12.8 Å². The predicted molar refractivity (Wildman–Crippen MR) is 74.7 cm³/mol. The van der Waals surface area contributed by atoms with Gasteiger partial charge in [-0.05, 0) is 28.9 Å². The Morgan fingerprint density at radius 1 is 1.44 bits per heavy atom. The van der Waals surface area contributed by atoms with Crippen LogP contribution in [0.5, 0.6) is 5.75 Å². The maximum absolute atomic E-state index is 6.34. The molecule has 1 aromatic heterocycles. The number of rotatable bonds is 3. The lowest BCUT2D eigenvalue weighted by Gasteiger charge is -2.17. The van der Waals surface area contributed by atoms with Crippen molar-refractivity contribution < 1.29 is 4.74 Å². The van der Waals surface area contributed by atoms with E-state index < -0.39 is 0 Å². The van der Waals surface area contributed by atoms with E-state index in [4.69, 9.17) is 10.5 Å². The van der Waals surface area contributed by atoms with Crippen LogP contribution in [-0.2, 0) is 7.05 Å². The maximum Gasteiger partial charge on any atom is 0.124 e. The Morgan fingerprint density at radius 3 is 2.72 bits per heavy atom. The van der Waals surface area contributed by atoms with Crippen molar-refractivity contribution in [1.82, 2.24) is 9.78 Å². The van der Waals surface area contributed by atoms with Crippen LogP contribution in [0.15, 0.2) is 28.9 Å². The number of hydrogen-bond acceptors (Lipinski definition) is 3. The maximum atomic E-state index is 6.34. The number of halogens is 1. The Morgan fingerprint density at radius 2 is 2.17 bits per heavy atom. The van der Waals surface area contributed by atoms with Crippen LogP contribution >= 0.6 is 15.9 Å². The summed E-state index contributed by atoms with van der Waals surface area (Å²) in [5.74, 6) is 0.793. The summed E-state index contributed by atoms with van der Waals surface area (Å²) in [6.07, 6.45) is 1.75. The van der Waals surface area contributed by atoms with Gasteiger partial charge in [0.05, 0.1) is 29.5 Å². The third-order valence-electron chi connectivity index (χ3n) is 2.95. The zero-order valence-electron chi connectivity index (χ0n) is 10.6. The van der Waals surface area contributed by atoms with Gasteiger partial charge in [0, 0.05) is 12.6 Å². The van der Waals surface area contributed by atoms with E-state index in [9.17, 15) is 0 Å². The highest BCUT2D eigenvalue weighted by Gasteiger charge is 2.20. The molecular formula is C13H16BrN3O. The minimum absolute atomic E-state index is 0.276. The van der Waals surface area contributed by atoms with Gasteiger partial charge in [0.1, 0.15) is 5.75 Å². The molecule has 0 fully saturated rings. The number of benzene rings is 1. The molecule has 2 rings (SSSR count). The van der Waals surface area contributed by atoms with E-state index in [-0.39, 0.29) is 6.04 Å². The van der Waals surface area contributed by atoms with Crippen molar-refractivity contribution in [1.29, 1.82) is 0 Å². The van der Waals surface area contributed by atoms with Crippen LogP contribution in [0.4, 0.5) is 0 Å². The van der Waals surface area contributed by atoms with Gasteiger partial charge in [-0.25, -0.2) is 0 Å². The van der Waals surface area contributed by atoms with Crippen LogP contribution in [0.3, 0.4) is 0 Å². The van der Waals surface area contributed by atoms with Gasteiger partial charge in [-0.3, -0.25) is 4.68 Å². The number of nitrogens with two attached hydrogens (primary N) is 1. The van der Waals surface area contributed by atoms with Crippen LogP contribution < -0.4 is 10.5 Å². The molecule has 5 heteroatoms. The van der Waals surface area contributed by atoms with Crippen molar-refractivity contribution in [2.75, 3.05) is 7.11 Å². The van der Waals surface area contributed by atoms with Crippen LogP contribution in [0, 0.1) is 6.92 Å². The molecule has 96 valence electrons. The van der Waals surface area contributed by atoms with Gasteiger partial charge in [-0.15, -0.1) is 0 Å². The molecule has 0 spiro atoms. The Balaban J connectivity index is 2.51. The Hall–Kier alpha value is -1.33. The fourth-order valence-corrected chi connectivity index (χ4v) is 2.61. The fraction of sp³-hybridized carbons (Fsp3) is 0.308. The van der Waals surface area contributed by atoms with Crippen LogP contribution in [0.2, 0.25) is 0 Å². The summed E-state index contributed by atoms with van der Waals surface area (Å²) in [7, 11) is 3.53. The highest BCUT2D eigenvalue weighted by Crippen LogP contribution is 2.32. The van der Waals surface area contributed by atoms with E-state index in [2.05, 4.69) is 21.0 Å². The van der Waals surface area contributed by atoms with Gasteiger partial charge < -0.3 is 10.5 Å². The van der Waals surface area contributed by atoms with Crippen LogP contribution in [0.1, 0.15) is 22.9 Å². The van der Waals surface area contributed by atoms with E-state index in [1.54, 1.807) is 18.0 Å². The van der Waals surface area contributed by atoms with Crippen molar-refractivity contribution in [3.05, 3.63) is 45.7 Å². The van der Waals surface area contributed by atoms with E-state index in [0.717, 1.165) is 27.0 Å². The van der Waals surface area contributed by atoms with E-state index in [1.165, 1.54) is 0 Å². The van der Waals surface area contributed by atoms with E-state index in [0.29, 0.717) is 0 Å². The van der Waals surface area contributed by atoms with Crippen molar-refractivity contribution in [2.45, 2.75) is 13.0 Å². The minimum atomic E-state index is -0.276. The number of methoxy groups -OCH3 is 1. The molecule has 1 unspecified atom stereocenters. The largest absolute Gasteiger partial charge is 0.496 e. The normalized spacial score (nSPS) is 12.5. The molecule has 0 aliphatic carbocycles. The summed E-state index contributed by atoms with van der Waals surface area (Å²) in [5.41, 5.74) is 9.38. The molecule has 1 heterocycles.